The third kappa shape index (κ3) is 4.31. The molecule has 5 aromatic heterocycles. The van der Waals surface area contributed by atoms with E-state index in [1.807, 2.05) is 0 Å². The van der Waals surface area contributed by atoms with Gasteiger partial charge in [-0.15, -0.1) is 0 Å². The molecule has 0 saturated heterocycles. The molecule has 0 amide bonds. The molecule has 270 valence electrons. The summed E-state index contributed by atoms with van der Waals surface area (Å²) in [7, 11) is 0. The van der Waals surface area contributed by atoms with Crippen molar-refractivity contribution in [2.24, 2.45) is 0 Å². The van der Waals surface area contributed by atoms with Crippen molar-refractivity contribution in [2.75, 3.05) is 0 Å². The average molecular weight is 742 g/mol. The lowest BCUT2D eigenvalue weighted by atomic mass is 10.0. The van der Waals surface area contributed by atoms with Crippen molar-refractivity contribution in [3.05, 3.63) is 188 Å². The zero-order chi connectivity index (χ0) is 37.9. The second-order valence-electron chi connectivity index (χ2n) is 15.0. The molecule has 13 aromatic rings. The van der Waals surface area contributed by atoms with E-state index in [1.165, 1.54) is 21.8 Å². The van der Waals surface area contributed by atoms with Crippen molar-refractivity contribution in [2.45, 2.75) is 0 Å². The molecule has 58 heavy (non-hydrogen) atoms. The van der Waals surface area contributed by atoms with Crippen LogP contribution in [0.3, 0.4) is 0 Å². The predicted octanol–water partition coefficient (Wildman–Crippen LogP) is 13.3. The van der Waals surface area contributed by atoms with Gasteiger partial charge in [0.15, 0.2) is 11.4 Å². The minimum Gasteiger partial charge on any atom is -0.450 e. The van der Waals surface area contributed by atoms with Gasteiger partial charge >= 0.3 is 0 Å². The molecule has 0 atom stereocenters. The fourth-order valence-electron chi connectivity index (χ4n) is 9.35. The Hall–Kier alpha value is -7.96. The predicted molar refractivity (Wildman–Crippen MR) is 238 cm³/mol. The summed E-state index contributed by atoms with van der Waals surface area (Å²) < 4.78 is 13.7. The van der Waals surface area contributed by atoms with E-state index < -0.39 is 0 Å². The first-order valence-electron chi connectivity index (χ1n) is 19.6. The third-order valence-corrected chi connectivity index (χ3v) is 11.9. The molecule has 0 radical (unpaired) electrons. The van der Waals surface area contributed by atoms with E-state index in [0.717, 1.165) is 76.9 Å². The summed E-state index contributed by atoms with van der Waals surface area (Å²) in [4.78, 5) is 10.9. The molecule has 0 aliphatic heterocycles. The Morgan fingerprint density at radius 1 is 0.345 bits per heavy atom. The number of furan rings is 1. The molecule has 0 bridgehead atoms. The van der Waals surface area contributed by atoms with E-state index in [1.54, 1.807) is 0 Å². The number of nitrogens with zero attached hydrogens (tertiary/aromatic N) is 5. The number of rotatable bonds is 4. The van der Waals surface area contributed by atoms with Gasteiger partial charge in [-0.1, -0.05) is 121 Å². The smallest absolute Gasteiger partial charge is 0.237 e. The lowest BCUT2D eigenvalue weighted by Crippen LogP contribution is -2.06. The van der Waals surface area contributed by atoms with Crippen LogP contribution in [0.2, 0.25) is 0 Å². The van der Waals surface area contributed by atoms with Crippen molar-refractivity contribution < 1.29 is 4.42 Å². The first-order valence-corrected chi connectivity index (χ1v) is 19.6. The minimum atomic E-state index is 0.588. The first-order chi connectivity index (χ1) is 28.8. The number of hydrogen-bond acceptors (Lipinski definition) is 3. The summed E-state index contributed by atoms with van der Waals surface area (Å²) in [5.41, 5.74) is 12.1. The van der Waals surface area contributed by atoms with E-state index in [0.29, 0.717) is 17.3 Å². The van der Waals surface area contributed by atoms with Crippen LogP contribution >= 0.6 is 0 Å². The fraction of sp³-hybridized carbons (Fsp3) is 0. The molecule has 6 heteroatoms. The topological polar surface area (TPSA) is 53.7 Å². The largest absolute Gasteiger partial charge is 0.450 e. The van der Waals surface area contributed by atoms with Gasteiger partial charge in [-0.3, -0.25) is 9.13 Å². The molecule has 13 rings (SSSR count). The van der Waals surface area contributed by atoms with Crippen LogP contribution in [0, 0.1) is 0 Å². The van der Waals surface area contributed by atoms with E-state index in [4.69, 9.17) is 14.4 Å². The SMILES string of the molecule is c1ccc(-n2c3ccccc3c3cc(-c4ccc5oc6c(-n7c8ccccc8c8ccccc87)nc(-n7c8ccccc8c8ccccc87)nc6c5c4)ccc32)cc1. The number of fused-ring (bicyclic) bond motifs is 12. The molecular formula is C52H31N5O. The molecule has 6 nitrogen and oxygen atoms in total. The summed E-state index contributed by atoms with van der Waals surface area (Å²) >= 11 is 0. The van der Waals surface area contributed by atoms with Crippen LogP contribution in [0.15, 0.2) is 192 Å². The highest BCUT2D eigenvalue weighted by Crippen LogP contribution is 2.41. The lowest BCUT2D eigenvalue weighted by Gasteiger charge is -2.11. The van der Waals surface area contributed by atoms with E-state index >= 15 is 0 Å². The van der Waals surface area contributed by atoms with Gasteiger partial charge < -0.3 is 8.98 Å². The third-order valence-electron chi connectivity index (χ3n) is 11.9. The first kappa shape index (κ1) is 31.3. The van der Waals surface area contributed by atoms with Gasteiger partial charge in [0.2, 0.25) is 5.95 Å². The van der Waals surface area contributed by atoms with Crippen molar-refractivity contribution in [1.29, 1.82) is 0 Å². The van der Waals surface area contributed by atoms with Gasteiger partial charge in [-0.25, -0.2) is 4.98 Å². The van der Waals surface area contributed by atoms with Crippen molar-refractivity contribution in [3.63, 3.8) is 0 Å². The second-order valence-corrected chi connectivity index (χ2v) is 15.0. The zero-order valence-corrected chi connectivity index (χ0v) is 31.0. The van der Waals surface area contributed by atoms with Gasteiger partial charge in [0.05, 0.1) is 33.1 Å². The molecule has 8 aromatic carbocycles. The quantitative estimate of drug-likeness (QED) is 0.180. The molecule has 5 heterocycles. The van der Waals surface area contributed by atoms with Gasteiger partial charge in [-0.05, 0) is 77.9 Å². The highest BCUT2D eigenvalue weighted by Gasteiger charge is 2.24. The van der Waals surface area contributed by atoms with Gasteiger partial charge in [0, 0.05) is 43.4 Å². The summed E-state index contributed by atoms with van der Waals surface area (Å²) in [5, 5.41) is 7.99. The summed E-state index contributed by atoms with van der Waals surface area (Å²) in [6.07, 6.45) is 0. The Morgan fingerprint density at radius 2 is 0.793 bits per heavy atom. The summed E-state index contributed by atoms with van der Waals surface area (Å²) in [6, 6.07) is 66.6. The average Bonchev–Trinajstić information content (AvgIpc) is 4.02. The molecule has 0 unspecified atom stereocenters. The normalized spacial score (nSPS) is 12.1. The highest BCUT2D eigenvalue weighted by atomic mass is 16.3. The molecule has 0 saturated carbocycles. The summed E-state index contributed by atoms with van der Waals surface area (Å²) in [5.74, 6) is 1.29. The Bertz CT molecular complexity index is 3700. The maximum Gasteiger partial charge on any atom is 0.237 e. The monoisotopic (exact) mass is 741 g/mol. The Labute approximate surface area is 331 Å². The van der Waals surface area contributed by atoms with Crippen LogP contribution in [-0.2, 0) is 0 Å². The summed E-state index contributed by atoms with van der Waals surface area (Å²) in [6.45, 7) is 0. The maximum absolute atomic E-state index is 6.87. The van der Waals surface area contributed by atoms with Crippen LogP contribution in [0.4, 0.5) is 0 Å². The number of hydrogen-bond donors (Lipinski definition) is 0. The highest BCUT2D eigenvalue weighted by molar-refractivity contribution is 6.14. The van der Waals surface area contributed by atoms with Crippen LogP contribution in [0.5, 0.6) is 0 Å². The van der Waals surface area contributed by atoms with Gasteiger partial charge in [0.25, 0.3) is 0 Å². The van der Waals surface area contributed by atoms with Crippen LogP contribution < -0.4 is 0 Å². The molecule has 0 fully saturated rings. The number of aromatic nitrogens is 5. The minimum absolute atomic E-state index is 0.588. The van der Waals surface area contributed by atoms with Crippen LogP contribution in [-0.4, -0.2) is 23.7 Å². The molecule has 0 aliphatic carbocycles. The molecule has 0 spiro atoms. The Morgan fingerprint density at radius 3 is 1.38 bits per heavy atom. The van der Waals surface area contributed by atoms with Gasteiger partial charge in [-0.2, -0.15) is 4.98 Å². The lowest BCUT2D eigenvalue weighted by molar-refractivity contribution is 0.661. The van der Waals surface area contributed by atoms with E-state index in [2.05, 4.69) is 202 Å². The maximum atomic E-state index is 6.87. The Kier molecular flexibility index (Phi) is 6.35. The standard InChI is InChI=1S/C52H31N5O/c1-2-14-34(15-3-1)55-42-21-9-8-20-39(42)40-30-32(26-28-47(40)55)33-27-29-48-41(31-33)49-50(58-48)51(56-43-22-10-4-16-35(43)36-17-5-11-23-44(36)56)54-52(53-49)57-45-24-12-6-18-37(45)38-19-7-13-25-46(38)57/h1-31H. The zero-order valence-electron chi connectivity index (χ0n) is 31.0. The Balaban J connectivity index is 1.10. The fourth-order valence-corrected chi connectivity index (χ4v) is 9.35. The second kappa shape index (κ2) is 11.8. The number of para-hydroxylation sites is 6. The van der Waals surface area contributed by atoms with Crippen LogP contribution in [0.25, 0.3) is 116 Å². The van der Waals surface area contributed by atoms with Gasteiger partial charge in [0.1, 0.15) is 11.1 Å². The van der Waals surface area contributed by atoms with Crippen molar-refractivity contribution in [1.82, 2.24) is 23.7 Å². The van der Waals surface area contributed by atoms with E-state index in [9.17, 15) is 0 Å². The molecule has 0 aliphatic rings. The van der Waals surface area contributed by atoms with Crippen LogP contribution in [0.1, 0.15) is 0 Å². The van der Waals surface area contributed by atoms with E-state index in [-0.39, 0.29) is 0 Å². The molecular weight excluding hydrogens is 711 g/mol. The molecule has 0 N–H and O–H groups in total. The van der Waals surface area contributed by atoms with Crippen molar-refractivity contribution >= 4 is 87.5 Å². The van der Waals surface area contributed by atoms with Crippen molar-refractivity contribution in [3.8, 4) is 28.6 Å². The number of benzene rings is 8.